The second-order valence-corrected chi connectivity index (χ2v) is 8.84. The van der Waals surface area contributed by atoms with Crippen LogP contribution >= 0.6 is 23.4 Å². The molecule has 0 fully saturated rings. The van der Waals surface area contributed by atoms with Crippen molar-refractivity contribution in [2.45, 2.75) is 43.8 Å². The maximum Gasteiger partial charge on any atom is 0.236 e. The monoisotopic (exact) mass is 426 g/mol. The van der Waals surface area contributed by atoms with Gasteiger partial charge in [0.05, 0.1) is 5.25 Å². The second-order valence-electron chi connectivity index (χ2n) is 7.10. The molecule has 0 radical (unpaired) electrons. The minimum absolute atomic E-state index is 0.142. The number of benzene rings is 2. The van der Waals surface area contributed by atoms with Crippen LogP contribution in [0.3, 0.4) is 0 Å². The molecule has 3 aromatic rings. The molecule has 0 aliphatic carbocycles. The van der Waals surface area contributed by atoms with Gasteiger partial charge in [0, 0.05) is 30.2 Å². The number of halogens is 1. The lowest BCUT2D eigenvalue weighted by molar-refractivity contribution is -0.131. The van der Waals surface area contributed by atoms with E-state index in [1.165, 1.54) is 22.9 Å². The van der Waals surface area contributed by atoms with Crippen molar-refractivity contribution in [1.82, 2.24) is 19.7 Å². The Hall–Kier alpha value is -2.31. The van der Waals surface area contributed by atoms with E-state index in [0.29, 0.717) is 11.6 Å². The van der Waals surface area contributed by atoms with Crippen LogP contribution in [0.15, 0.2) is 53.7 Å². The van der Waals surface area contributed by atoms with Crippen LogP contribution in [0.5, 0.6) is 0 Å². The van der Waals surface area contributed by atoms with Crippen LogP contribution in [0.1, 0.15) is 25.0 Å². The van der Waals surface area contributed by atoms with E-state index in [0.717, 1.165) is 36.1 Å². The van der Waals surface area contributed by atoms with Crippen molar-refractivity contribution in [1.29, 1.82) is 0 Å². The highest BCUT2D eigenvalue weighted by molar-refractivity contribution is 8.00. The van der Waals surface area contributed by atoms with Gasteiger partial charge in [-0.3, -0.25) is 4.79 Å². The molecule has 1 amide bonds. The smallest absolute Gasteiger partial charge is 0.236 e. The number of amides is 1. The summed E-state index contributed by atoms with van der Waals surface area (Å²) >= 11 is 7.47. The van der Waals surface area contributed by atoms with E-state index in [4.69, 9.17) is 11.6 Å². The Bertz CT molecular complexity index is 1020. The van der Waals surface area contributed by atoms with E-state index in [2.05, 4.69) is 35.3 Å². The summed E-state index contributed by atoms with van der Waals surface area (Å²) < 4.78 is 2.04. The number of carbonyl (C=O) groups is 1. The average Bonchev–Trinajstić information content (AvgIpc) is 3.15. The zero-order valence-electron chi connectivity index (χ0n) is 16.5. The standard InChI is InChI=1S/C22H23ClN4OS/c1-3-27-20(17-8-10-19(23)11-9-17)24-25-22(27)29-15(2)21(28)26-13-12-16-6-4-5-7-18(16)14-26/h4-11,15H,3,12-14H2,1-2H3. The van der Waals surface area contributed by atoms with E-state index in [1.807, 2.05) is 46.7 Å². The third-order valence-corrected chi connectivity index (χ3v) is 6.53. The summed E-state index contributed by atoms with van der Waals surface area (Å²) in [7, 11) is 0. The largest absolute Gasteiger partial charge is 0.337 e. The van der Waals surface area contributed by atoms with Crippen molar-refractivity contribution in [3.8, 4) is 11.4 Å². The molecule has 4 rings (SSSR count). The van der Waals surface area contributed by atoms with Crippen molar-refractivity contribution in [2.24, 2.45) is 0 Å². The first-order valence-electron chi connectivity index (χ1n) is 9.78. The molecule has 150 valence electrons. The highest BCUT2D eigenvalue weighted by Crippen LogP contribution is 2.29. The van der Waals surface area contributed by atoms with Crippen LogP contribution in [0, 0.1) is 0 Å². The first-order valence-corrected chi connectivity index (χ1v) is 11.0. The Balaban J connectivity index is 1.49. The van der Waals surface area contributed by atoms with Gasteiger partial charge < -0.3 is 9.47 Å². The molecule has 0 saturated heterocycles. The summed E-state index contributed by atoms with van der Waals surface area (Å²) in [4.78, 5) is 15.0. The number of carbonyl (C=O) groups excluding carboxylic acids is 1. The number of aromatic nitrogens is 3. The predicted molar refractivity (Wildman–Crippen MR) is 117 cm³/mol. The molecule has 0 bridgehead atoms. The molecule has 1 aromatic heterocycles. The lowest BCUT2D eigenvalue weighted by atomic mass is 10.00. The van der Waals surface area contributed by atoms with Crippen LogP contribution in [0.4, 0.5) is 0 Å². The van der Waals surface area contributed by atoms with E-state index in [9.17, 15) is 4.79 Å². The molecular formula is C22H23ClN4OS. The Kier molecular flexibility index (Phi) is 5.92. The minimum Gasteiger partial charge on any atom is -0.337 e. The van der Waals surface area contributed by atoms with Crippen molar-refractivity contribution in [3.63, 3.8) is 0 Å². The molecule has 0 spiro atoms. The van der Waals surface area contributed by atoms with E-state index in [-0.39, 0.29) is 11.2 Å². The van der Waals surface area contributed by atoms with Gasteiger partial charge in [-0.25, -0.2) is 0 Å². The molecule has 0 saturated carbocycles. The number of thioether (sulfide) groups is 1. The summed E-state index contributed by atoms with van der Waals surface area (Å²) in [6.07, 6.45) is 0.908. The van der Waals surface area contributed by atoms with E-state index < -0.39 is 0 Å². The minimum atomic E-state index is -0.229. The fourth-order valence-corrected chi connectivity index (χ4v) is 4.75. The van der Waals surface area contributed by atoms with Gasteiger partial charge in [-0.2, -0.15) is 0 Å². The summed E-state index contributed by atoms with van der Waals surface area (Å²) in [5.41, 5.74) is 3.54. The third kappa shape index (κ3) is 4.19. The molecule has 1 aliphatic rings. The third-order valence-electron chi connectivity index (χ3n) is 5.21. The van der Waals surface area contributed by atoms with Gasteiger partial charge in [-0.05, 0) is 55.7 Å². The van der Waals surface area contributed by atoms with Crippen LogP contribution < -0.4 is 0 Å². The molecule has 0 N–H and O–H groups in total. The van der Waals surface area contributed by atoms with E-state index in [1.54, 1.807) is 0 Å². The number of rotatable bonds is 5. The van der Waals surface area contributed by atoms with Gasteiger partial charge in [0.25, 0.3) is 0 Å². The van der Waals surface area contributed by atoms with Crippen LogP contribution in [-0.4, -0.2) is 37.4 Å². The predicted octanol–water partition coefficient (Wildman–Crippen LogP) is 4.68. The van der Waals surface area contributed by atoms with Gasteiger partial charge in [0.2, 0.25) is 5.91 Å². The molecule has 5 nitrogen and oxygen atoms in total. The number of fused-ring (bicyclic) bond motifs is 1. The summed E-state index contributed by atoms with van der Waals surface area (Å²) in [5.74, 6) is 0.932. The van der Waals surface area contributed by atoms with Crippen LogP contribution in [0.2, 0.25) is 5.02 Å². The Morgan fingerprint density at radius 2 is 1.86 bits per heavy atom. The highest BCUT2D eigenvalue weighted by Gasteiger charge is 2.27. The summed E-state index contributed by atoms with van der Waals surface area (Å²) in [6.45, 7) is 6.17. The molecule has 7 heteroatoms. The van der Waals surface area contributed by atoms with E-state index >= 15 is 0 Å². The van der Waals surface area contributed by atoms with Crippen molar-refractivity contribution < 1.29 is 4.79 Å². The lowest BCUT2D eigenvalue weighted by Crippen LogP contribution is -2.40. The maximum absolute atomic E-state index is 13.1. The average molecular weight is 427 g/mol. The SMILES string of the molecule is CCn1c(SC(C)C(=O)N2CCc3ccccc3C2)nnc1-c1ccc(Cl)cc1. The van der Waals surface area contributed by atoms with Gasteiger partial charge in [-0.15, -0.1) is 10.2 Å². The Morgan fingerprint density at radius 1 is 1.14 bits per heavy atom. The lowest BCUT2D eigenvalue weighted by Gasteiger charge is -2.30. The highest BCUT2D eigenvalue weighted by atomic mass is 35.5. The Morgan fingerprint density at radius 3 is 2.59 bits per heavy atom. The molecule has 1 unspecified atom stereocenters. The topological polar surface area (TPSA) is 51.0 Å². The van der Waals surface area contributed by atoms with Crippen LogP contribution in [-0.2, 0) is 24.3 Å². The number of hydrogen-bond acceptors (Lipinski definition) is 4. The van der Waals surface area contributed by atoms with Gasteiger partial charge in [0.1, 0.15) is 0 Å². The summed E-state index contributed by atoms with van der Waals surface area (Å²) in [5, 5.41) is 9.95. The van der Waals surface area contributed by atoms with Gasteiger partial charge in [0.15, 0.2) is 11.0 Å². The van der Waals surface area contributed by atoms with Gasteiger partial charge >= 0.3 is 0 Å². The molecule has 29 heavy (non-hydrogen) atoms. The van der Waals surface area contributed by atoms with Crippen molar-refractivity contribution in [3.05, 3.63) is 64.7 Å². The normalized spacial score (nSPS) is 14.5. The molecule has 1 atom stereocenters. The van der Waals surface area contributed by atoms with Crippen LogP contribution in [0.25, 0.3) is 11.4 Å². The van der Waals surface area contributed by atoms with Crippen molar-refractivity contribution in [2.75, 3.05) is 6.54 Å². The first kappa shape index (κ1) is 20.0. The fourth-order valence-electron chi connectivity index (χ4n) is 3.62. The fraction of sp³-hybridized carbons (Fsp3) is 0.318. The quantitative estimate of drug-likeness (QED) is 0.555. The second kappa shape index (κ2) is 8.59. The van der Waals surface area contributed by atoms with Gasteiger partial charge in [-0.1, -0.05) is 47.6 Å². The number of hydrogen-bond donors (Lipinski definition) is 0. The van der Waals surface area contributed by atoms with Crippen molar-refractivity contribution >= 4 is 29.3 Å². The zero-order chi connectivity index (χ0) is 20.4. The maximum atomic E-state index is 13.1. The Labute approximate surface area is 180 Å². The number of nitrogens with zero attached hydrogens (tertiary/aromatic N) is 4. The molecule has 2 aromatic carbocycles. The molecule has 1 aliphatic heterocycles. The molecular weight excluding hydrogens is 404 g/mol. The summed E-state index contributed by atoms with van der Waals surface area (Å²) in [6, 6.07) is 15.9. The first-order chi connectivity index (χ1) is 14.1. The molecule has 2 heterocycles. The zero-order valence-corrected chi connectivity index (χ0v) is 18.1.